The Labute approximate surface area is 255 Å². The standard InChI is InChI=1S/C39H23N5O/c1-3-11-29-24(9-1)21-36-41(31-13-5-6-14-32(31)42(29)36)26-17-18-35-28(23-26)27-19-20-40-39(38(27)45-35)44-34-16-8-7-15-33(34)43-30-12-4-2-10-25(30)22-37(43)44/h1-23H. The second kappa shape index (κ2) is 8.21. The summed E-state index contributed by atoms with van der Waals surface area (Å²) in [5.74, 6) is 0.783. The lowest BCUT2D eigenvalue weighted by atomic mass is 10.1. The van der Waals surface area contributed by atoms with Crippen LogP contribution in [0.3, 0.4) is 0 Å². The van der Waals surface area contributed by atoms with Gasteiger partial charge < -0.3 is 4.42 Å². The highest BCUT2D eigenvalue weighted by molar-refractivity contribution is 6.09. The number of hydrogen-bond donors (Lipinski definition) is 0. The van der Waals surface area contributed by atoms with Crippen LogP contribution in [0.5, 0.6) is 0 Å². The van der Waals surface area contributed by atoms with E-state index in [1.807, 2.05) is 6.20 Å². The number of para-hydroxylation sites is 6. The molecule has 6 heteroatoms. The molecule has 45 heavy (non-hydrogen) atoms. The Balaban J connectivity index is 1.20. The smallest absolute Gasteiger partial charge is 0.183 e. The Hall–Kier alpha value is -6.27. The molecule has 0 saturated heterocycles. The average molecular weight is 578 g/mol. The number of hydrogen-bond acceptors (Lipinski definition) is 2. The highest BCUT2D eigenvalue weighted by Gasteiger charge is 2.21. The van der Waals surface area contributed by atoms with E-state index in [1.165, 1.54) is 27.3 Å². The highest BCUT2D eigenvalue weighted by Crippen LogP contribution is 2.38. The van der Waals surface area contributed by atoms with Crippen LogP contribution in [0.2, 0.25) is 0 Å². The molecule has 6 nitrogen and oxygen atoms in total. The first-order valence-electron chi connectivity index (χ1n) is 15.1. The van der Waals surface area contributed by atoms with E-state index in [2.05, 4.69) is 151 Å². The molecule has 0 atom stereocenters. The quantitative estimate of drug-likeness (QED) is 0.205. The summed E-state index contributed by atoms with van der Waals surface area (Å²) >= 11 is 0. The van der Waals surface area contributed by atoms with Crippen molar-refractivity contribution in [2.24, 2.45) is 0 Å². The molecule has 0 bridgehead atoms. The minimum atomic E-state index is 0.772. The number of nitrogens with zero attached hydrogens (tertiary/aromatic N) is 5. The monoisotopic (exact) mass is 577 g/mol. The van der Waals surface area contributed by atoms with E-state index in [0.717, 1.165) is 61.3 Å². The molecule has 0 aliphatic heterocycles. The Kier molecular flexibility index (Phi) is 4.24. The first-order valence-corrected chi connectivity index (χ1v) is 15.1. The van der Waals surface area contributed by atoms with E-state index in [-0.39, 0.29) is 0 Å². The molecular weight excluding hydrogens is 554 g/mol. The Bertz CT molecular complexity index is 3000. The number of fused-ring (bicyclic) bond motifs is 13. The molecule has 0 aliphatic carbocycles. The van der Waals surface area contributed by atoms with Gasteiger partial charge >= 0.3 is 0 Å². The van der Waals surface area contributed by atoms with Gasteiger partial charge in [0.25, 0.3) is 0 Å². The summed E-state index contributed by atoms with van der Waals surface area (Å²) in [7, 11) is 0. The molecule has 0 saturated carbocycles. The maximum Gasteiger partial charge on any atom is 0.183 e. The molecule has 0 fully saturated rings. The highest BCUT2D eigenvalue weighted by atomic mass is 16.3. The molecule has 0 unspecified atom stereocenters. The molecule has 11 rings (SSSR count). The van der Waals surface area contributed by atoms with Crippen molar-refractivity contribution in [3.8, 4) is 11.5 Å². The van der Waals surface area contributed by atoms with Gasteiger partial charge in [-0.25, -0.2) is 4.98 Å². The van der Waals surface area contributed by atoms with Crippen LogP contribution in [0.4, 0.5) is 0 Å². The number of benzene rings is 5. The van der Waals surface area contributed by atoms with Crippen molar-refractivity contribution in [3.63, 3.8) is 0 Å². The first kappa shape index (κ1) is 23.2. The molecule has 11 aromatic rings. The minimum absolute atomic E-state index is 0.772. The van der Waals surface area contributed by atoms with Crippen molar-refractivity contribution in [2.45, 2.75) is 0 Å². The fourth-order valence-electron chi connectivity index (χ4n) is 7.52. The van der Waals surface area contributed by atoms with Gasteiger partial charge in [-0.15, -0.1) is 0 Å². The van der Waals surface area contributed by atoms with E-state index in [9.17, 15) is 0 Å². The molecule has 6 aromatic heterocycles. The van der Waals surface area contributed by atoms with E-state index in [4.69, 9.17) is 9.40 Å². The second-order valence-electron chi connectivity index (χ2n) is 11.7. The van der Waals surface area contributed by atoms with Gasteiger partial charge in [0.15, 0.2) is 11.4 Å². The van der Waals surface area contributed by atoms with E-state index >= 15 is 0 Å². The fourth-order valence-corrected chi connectivity index (χ4v) is 7.52. The van der Waals surface area contributed by atoms with Crippen molar-refractivity contribution < 1.29 is 4.42 Å². The number of rotatable bonds is 2. The van der Waals surface area contributed by atoms with Crippen molar-refractivity contribution in [2.75, 3.05) is 0 Å². The zero-order valence-electron chi connectivity index (χ0n) is 23.9. The van der Waals surface area contributed by atoms with Crippen LogP contribution in [-0.2, 0) is 0 Å². The molecule has 0 aliphatic rings. The van der Waals surface area contributed by atoms with Gasteiger partial charge in [0.1, 0.15) is 16.9 Å². The predicted octanol–water partition coefficient (Wildman–Crippen LogP) is 9.68. The third kappa shape index (κ3) is 2.91. The van der Waals surface area contributed by atoms with Crippen LogP contribution >= 0.6 is 0 Å². The SMILES string of the molecule is c1ccc2c(c1)cc1n(-c3ccc4oc5c(-n6c7ccccc7n7c8ccccc8cc67)nccc5c4c3)c3ccccc3n21. The topological polar surface area (TPSA) is 44.7 Å². The largest absolute Gasteiger partial charge is 0.452 e. The first-order chi connectivity index (χ1) is 22.3. The summed E-state index contributed by atoms with van der Waals surface area (Å²) in [5.41, 5.74) is 11.8. The van der Waals surface area contributed by atoms with E-state index in [1.54, 1.807) is 0 Å². The minimum Gasteiger partial charge on any atom is -0.452 e. The summed E-state index contributed by atoms with van der Waals surface area (Å²) < 4.78 is 15.9. The molecule has 0 spiro atoms. The van der Waals surface area contributed by atoms with Crippen molar-refractivity contribution >= 4 is 77.1 Å². The van der Waals surface area contributed by atoms with E-state index in [0.29, 0.717) is 0 Å². The second-order valence-corrected chi connectivity index (χ2v) is 11.7. The third-order valence-corrected chi connectivity index (χ3v) is 9.39. The molecule has 210 valence electrons. The zero-order valence-corrected chi connectivity index (χ0v) is 23.9. The molecule has 6 heterocycles. The lowest BCUT2D eigenvalue weighted by Gasteiger charge is -2.06. The lowest BCUT2D eigenvalue weighted by molar-refractivity contribution is 0.663. The van der Waals surface area contributed by atoms with Gasteiger partial charge in [-0.3, -0.25) is 17.9 Å². The molecule has 0 radical (unpaired) electrons. The average Bonchev–Trinajstić information content (AvgIpc) is 3.87. The van der Waals surface area contributed by atoms with Crippen LogP contribution in [0.1, 0.15) is 0 Å². The number of furan rings is 1. The van der Waals surface area contributed by atoms with Crippen LogP contribution in [-0.4, -0.2) is 22.9 Å². The summed E-state index contributed by atoms with van der Waals surface area (Å²) in [6.45, 7) is 0. The summed E-state index contributed by atoms with van der Waals surface area (Å²) in [6.07, 6.45) is 1.90. The predicted molar refractivity (Wildman–Crippen MR) is 182 cm³/mol. The number of pyridine rings is 1. The number of imidazole rings is 2. The van der Waals surface area contributed by atoms with Gasteiger partial charge in [-0.2, -0.15) is 0 Å². The maximum absolute atomic E-state index is 6.67. The normalized spacial score (nSPS) is 12.4. The number of aromatic nitrogens is 5. The Morgan fingerprint density at radius 1 is 0.467 bits per heavy atom. The summed E-state index contributed by atoms with van der Waals surface area (Å²) in [6, 6.07) is 47.3. The Morgan fingerprint density at radius 2 is 1.02 bits per heavy atom. The lowest BCUT2D eigenvalue weighted by Crippen LogP contribution is -1.97. The van der Waals surface area contributed by atoms with Crippen LogP contribution in [0.15, 0.2) is 144 Å². The van der Waals surface area contributed by atoms with Crippen molar-refractivity contribution in [3.05, 3.63) is 140 Å². The fraction of sp³-hybridized carbons (Fsp3) is 0. The van der Waals surface area contributed by atoms with Crippen LogP contribution in [0.25, 0.3) is 88.6 Å². The van der Waals surface area contributed by atoms with Crippen LogP contribution in [0, 0.1) is 0 Å². The van der Waals surface area contributed by atoms with Crippen molar-refractivity contribution in [1.29, 1.82) is 0 Å². The summed E-state index contributed by atoms with van der Waals surface area (Å²) in [4.78, 5) is 4.94. The van der Waals surface area contributed by atoms with Gasteiger partial charge in [0.05, 0.1) is 33.1 Å². The van der Waals surface area contributed by atoms with Gasteiger partial charge in [0.2, 0.25) is 0 Å². The maximum atomic E-state index is 6.67. The molecule has 5 aromatic carbocycles. The van der Waals surface area contributed by atoms with Gasteiger partial charge in [-0.1, -0.05) is 60.7 Å². The molecule has 0 N–H and O–H groups in total. The van der Waals surface area contributed by atoms with Crippen LogP contribution < -0.4 is 0 Å². The van der Waals surface area contributed by atoms with Gasteiger partial charge in [-0.05, 0) is 72.8 Å². The third-order valence-electron chi connectivity index (χ3n) is 9.39. The molecular formula is C39H23N5O. The Morgan fingerprint density at radius 3 is 1.69 bits per heavy atom. The van der Waals surface area contributed by atoms with Crippen molar-refractivity contribution in [1.82, 2.24) is 22.9 Å². The van der Waals surface area contributed by atoms with E-state index < -0.39 is 0 Å². The summed E-state index contributed by atoms with van der Waals surface area (Å²) in [5, 5.41) is 4.51. The van der Waals surface area contributed by atoms with Gasteiger partial charge in [0, 0.05) is 33.4 Å². The zero-order chi connectivity index (χ0) is 29.2. The molecule has 0 amide bonds.